The molecule has 2 heteroatoms. The molecule has 0 aromatic rings. The molecule has 0 aromatic heterocycles. The fourth-order valence-corrected chi connectivity index (χ4v) is 1.15. The van der Waals surface area contributed by atoms with Gasteiger partial charge in [0.25, 0.3) is 0 Å². The van der Waals surface area contributed by atoms with Gasteiger partial charge in [-0.25, -0.2) is 0 Å². The molecule has 0 aliphatic heterocycles. The minimum atomic E-state index is 0.703. The smallest absolute Gasteiger partial charge is 0.146 e. The van der Waals surface area contributed by atoms with E-state index < -0.39 is 0 Å². The first kappa shape index (κ1) is 10.9. The van der Waals surface area contributed by atoms with Crippen molar-refractivity contribution in [3.05, 3.63) is 0 Å². The summed E-state index contributed by atoms with van der Waals surface area (Å²) in [6, 6.07) is 0. The molecule has 0 fully saturated rings. The van der Waals surface area contributed by atoms with E-state index >= 15 is 0 Å². The lowest BCUT2D eigenvalue weighted by atomic mass is 10.0. The summed E-state index contributed by atoms with van der Waals surface area (Å²) < 4.78 is 5.07. The number of rotatable bonds is 7. The molecular formula is C9H18OS. The van der Waals surface area contributed by atoms with Crippen molar-refractivity contribution in [3.63, 3.8) is 0 Å². The van der Waals surface area contributed by atoms with Crippen molar-refractivity contribution >= 4 is 17.8 Å². The third-order valence-electron chi connectivity index (χ3n) is 1.94. The van der Waals surface area contributed by atoms with Gasteiger partial charge in [-0.05, 0) is 24.6 Å². The van der Waals surface area contributed by atoms with Crippen molar-refractivity contribution in [3.8, 4) is 0 Å². The van der Waals surface area contributed by atoms with Crippen LogP contribution in [0.1, 0.15) is 39.5 Å². The Bertz CT molecular complexity index is 93.6. The zero-order valence-corrected chi connectivity index (χ0v) is 8.32. The number of hydrogen-bond acceptors (Lipinski definition) is 2. The number of hydrogen-bond donors (Lipinski definition) is 0. The SMILES string of the molecule is CCCCC(CC)COC=S. The summed E-state index contributed by atoms with van der Waals surface area (Å²) in [5.41, 5.74) is 1.37. The Labute approximate surface area is 75.1 Å². The molecule has 1 unspecified atom stereocenters. The summed E-state index contributed by atoms with van der Waals surface area (Å²) >= 11 is 4.58. The number of ether oxygens (including phenoxy) is 1. The van der Waals surface area contributed by atoms with Crippen molar-refractivity contribution in [2.75, 3.05) is 6.61 Å². The Morgan fingerprint density at radius 3 is 2.64 bits per heavy atom. The minimum absolute atomic E-state index is 0.703. The molecule has 0 spiro atoms. The van der Waals surface area contributed by atoms with E-state index in [1.165, 1.54) is 31.2 Å². The normalized spacial score (nSPS) is 12.5. The van der Waals surface area contributed by atoms with Gasteiger partial charge in [0.15, 0.2) is 0 Å². The highest BCUT2D eigenvalue weighted by Crippen LogP contribution is 2.12. The van der Waals surface area contributed by atoms with Gasteiger partial charge < -0.3 is 4.74 Å². The third-order valence-corrected chi connectivity index (χ3v) is 2.08. The van der Waals surface area contributed by atoms with Gasteiger partial charge >= 0.3 is 0 Å². The van der Waals surface area contributed by atoms with Crippen LogP contribution in [-0.4, -0.2) is 12.2 Å². The van der Waals surface area contributed by atoms with Gasteiger partial charge in [0.05, 0.1) is 6.61 Å². The Hall–Kier alpha value is -0.110. The van der Waals surface area contributed by atoms with Crippen molar-refractivity contribution < 1.29 is 4.74 Å². The summed E-state index contributed by atoms with van der Waals surface area (Å²) in [7, 11) is 0. The van der Waals surface area contributed by atoms with Crippen LogP contribution < -0.4 is 0 Å². The van der Waals surface area contributed by atoms with Crippen LogP contribution in [0.2, 0.25) is 0 Å². The van der Waals surface area contributed by atoms with Crippen molar-refractivity contribution in [1.29, 1.82) is 0 Å². The second-order valence-corrected chi connectivity index (χ2v) is 3.04. The summed E-state index contributed by atoms with van der Waals surface area (Å²) in [6.45, 7) is 5.22. The van der Waals surface area contributed by atoms with Crippen LogP contribution in [0.3, 0.4) is 0 Å². The Kier molecular flexibility index (Phi) is 7.91. The van der Waals surface area contributed by atoms with E-state index in [-0.39, 0.29) is 0 Å². The number of thiocarbonyl (C=S) groups is 1. The Balaban J connectivity index is 3.32. The highest BCUT2D eigenvalue weighted by atomic mass is 32.1. The quantitative estimate of drug-likeness (QED) is 0.548. The lowest BCUT2D eigenvalue weighted by Crippen LogP contribution is -2.07. The average Bonchev–Trinajstić information content (AvgIpc) is 2.05. The van der Waals surface area contributed by atoms with Crippen molar-refractivity contribution in [1.82, 2.24) is 0 Å². The van der Waals surface area contributed by atoms with Crippen LogP contribution in [0.4, 0.5) is 0 Å². The maximum atomic E-state index is 5.07. The predicted molar refractivity (Wildman–Crippen MR) is 52.9 cm³/mol. The van der Waals surface area contributed by atoms with Crippen LogP contribution in [0, 0.1) is 5.92 Å². The fraction of sp³-hybridized carbons (Fsp3) is 0.889. The molecule has 1 atom stereocenters. The highest BCUT2D eigenvalue weighted by Gasteiger charge is 2.04. The molecule has 0 aliphatic carbocycles. The topological polar surface area (TPSA) is 9.23 Å². The molecule has 0 saturated carbocycles. The molecule has 66 valence electrons. The maximum Gasteiger partial charge on any atom is 0.146 e. The van der Waals surface area contributed by atoms with E-state index in [1.54, 1.807) is 0 Å². The summed E-state index contributed by atoms with van der Waals surface area (Å²) in [6.07, 6.45) is 5.05. The van der Waals surface area contributed by atoms with E-state index in [4.69, 9.17) is 4.74 Å². The molecule has 0 amide bonds. The maximum absolute atomic E-state index is 5.07. The Morgan fingerprint density at radius 1 is 1.45 bits per heavy atom. The lowest BCUT2D eigenvalue weighted by molar-refractivity contribution is 0.236. The molecule has 0 radical (unpaired) electrons. The molecule has 0 aromatic carbocycles. The fourth-order valence-electron chi connectivity index (χ4n) is 1.07. The van der Waals surface area contributed by atoms with Gasteiger partial charge in [0.2, 0.25) is 0 Å². The average molecular weight is 174 g/mol. The zero-order chi connectivity index (χ0) is 8.53. The molecular weight excluding hydrogens is 156 g/mol. The highest BCUT2D eigenvalue weighted by molar-refractivity contribution is 7.78. The first-order valence-corrected chi connectivity index (χ1v) is 4.87. The second-order valence-electron chi connectivity index (χ2n) is 2.85. The second kappa shape index (κ2) is 7.99. The van der Waals surface area contributed by atoms with Crippen LogP contribution in [0.5, 0.6) is 0 Å². The largest absolute Gasteiger partial charge is 0.490 e. The monoisotopic (exact) mass is 174 g/mol. The van der Waals surface area contributed by atoms with Crippen molar-refractivity contribution in [2.24, 2.45) is 5.92 Å². The molecule has 0 N–H and O–H groups in total. The number of unbranched alkanes of at least 4 members (excludes halogenated alkanes) is 1. The zero-order valence-electron chi connectivity index (χ0n) is 7.51. The summed E-state index contributed by atoms with van der Waals surface area (Å²) in [4.78, 5) is 0. The standard InChI is InChI=1S/C9H18OS/c1-3-5-6-9(4-2)7-10-8-11/h8-9H,3-7H2,1-2H3. The van der Waals surface area contributed by atoms with Gasteiger partial charge in [-0.1, -0.05) is 33.1 Å². The first-order chi connectivity index (χ1) is 5.35. The van der Waals surface area contributed by atoms with E-state index in [2.05, 4.69) is 26.1 Å². The van der Waals surface area contributed by atoms with Gasteiger partial charge in [0.1, 0.15) is 5.55 Å². The van der Waals surface area contributed by atoms with Crippen LogP contribution in [-0.2, 0) is 4.74 Å². The summed E-state index contributed by atoms with van der Waals surface area (Å²) in [5.74, 6) is 0.703. The first-order valence-electron chi connectivity index (χ1n) is 4.40. The van der Waals surface area contributed by atoms with E-state index in [0.29, 0.717) is 5.92 Å². The lowest BCUT2D eigenvalue weighted by Gasteiger charge is -2.12. The molecule has 0 saturated heterocycles. The van der Waals surface area contributed by atoms with Gasteiger partial charge in [-0.15, -0.1) is 0 Å². The summed E-state index contributed by atoms with van der Waals surface area (Å²) in [5, 5.41) is 0. The van der Waals surface area contributed by atoms with Crippen molar-refractivity contribution in [2.45, 2.75) is 39.5 Å². The van der Waals surface area contributed by atoms with Gasteiger partial charge in [0, 0.05) is 0 Å². The van der Waals surface area contributed by atoms with Crippen LogP contribution in [0.15, 0.2) is 0 Å². The van der Waals surface area contributed by atoms with Gasteiger partial charge in [-0.3, -0.25) is 0 Å². The molecule has 0 bridgehead atoms. The Morgan fingerprint density at radius 2 is 2.18 bits per heavy atom. The van der Waals surface area contributed by atoms with Crippen LogP contribution in [0.25, 0.3) is 0 Å². The van der Waals surface area contributed by atoms with E-state index in [9.17, 15) is 0 Å². The molecule has 0 heterocycles. The van der Waals surface area contributed by atoms with E-state index in [0.717, 1.165) is 6.61 Å². The third kappa shape index (κ3) is 6.29. The molecule has 0 aliphatic rings. The molecule has 0 rings (SSSR count). The molecule has 1 nitrogen and oxygen atoms in total. The van der Waals surface area contributed by atoms with Crippen LogP contribution >= 0.6 is 12.2 Å². The predicted octanol–water partition coefficient (Wildman–Crippen LogP) is 3.18. The van der Waals surface area contributed by atoms with E-state index in [1.807, 2.05) is 0 Å². The van der Waals surface area contributed by atoms with Gasteiger partial charge in [-0.2, -0.15) is 0 Å². The molecule has 11 heavy (non-hydrogen) atoms. The minimum Gasteiger partial charge on any atom is -0.490 e.